The van der Waals surface area contributed by atoms with Crippen molar-refractivity contribution in [2.75, 3.05) is 0 Å². The zero-order valence-corrected chi connectivity index (χ0v) is 12.5. The Kier molecular flexibility index (Phi) is 4.55. The van der Waals surface area contributed by atoms with Crippen LogP contribution in [-0.4, -0.2) is 10.1 Å². The Morgan fingerprint density at radius 1 is 1.42 bits per heavy atom. The number of hydrogen-bond donors (Lipinski definition) is 1. The molecule has 19 heavy (non-hydrogen) atoms. The van der Waals surface area contributed by atoms with E-state index in [-0.39, 0.29) is 12.5 Å². The standard InChI is InChI=1S/C13H16BrN3O2/c1-8(2)13-16-11(17-19-13)7-18-12-9(6-15)4-3-5-10(12)14/h3-5,8H,6-7,15H2,1-2H3. The second-order valence-corrected chi connectivity index (χ2v) is 5.28. The highest BCUT2D eigenvalue weighted by Crippen LogP contribution is 2.29. The predicted octanol–water partition coefficient (Wildman–Crippen LogP) is 2.99. The van der Waals surface area contributed by atoms with E-state index in [9.17, 15) is 0 Å². The smallest absolute Gasteiger partial charge is 0.229 e. The molecule has 0 saturated carbocycles. The minimum absolute atomic E-state index is 0.212. The molecule has 6 heteroatoms. The van der Waals surface area contributed by atoms with E-state index in [2.05, 4.69) is 26.1 Å². The third-order valence-corrected chi connectivity index (χ3v) is 3.22. The van der Waals surface area contributed by atoms with Crippen molar-refractivity contribution in [3.8, 4) is 5.75 Å². The molecule has 2 N–H and O–H groups in total. The maximum absolute atomic E-state index is 5.73. The molecular weight excluding hydrogens is 310 g/mol. The van der Waals surface area contributed by atoms with Gasteiger partial charge in [-0.2, -0.15) is 4.98 Å². The highest BCUT2D eigenvalue weighted by Gasteiger charge is 2.12. The van der Waals surface area contributed by atoms with Crippen LogP contribution in [0.3, 0.4) is 0 Å². The third-order valence-electron chi connectivity index (χ3n) is 2.59. The van der Waals surface area contributed by atoms with Crippen LogP contribution in [0.5, 0.6) is 5.75 Å². The molecule has 0 aliphatic rings. The Morgan fingerprint density at radius 3 is 2.84 bits per heavy atom. The van der Waals surface area contributed by atoms with E-state index in [1.165, 1.54) is 0 Å². The summed E-state index contributed by atoms with van der Waals surface area (Å²) < 4.78 is 11.7. The summed E-state index contributed by atoms with van der Waals surface area (Å²) in [5.74, 6) is 2.08. The van der Waals surface area contributed by atoms with Crippen molar-refractivity contribution >= 4 is 15.9 Å². The van der Waals surface area contributed by atoms with Gasteiger partial charge in [0.25, 0.3) is 0 Å². The van der Waals surface area contributed by atoms with Crippen molar-refractivity contribution < 1.29 is 9.26 Å². The Balaban J connectivity index is 2.09. The Morgan fingerprint density at radius 2 is 2.21 bits per heavy atom. The highest BCUT2D eigenvalue weighted by molar-refractivity contribution is 9.10. The van der Waals surface area contributed by atoms with Crippen molar-refractivity contribution in [2.45, 2.75) is 32.9 Å². The molecule has 2 rings (SSSR count). The topological polar surface area (TPSA) is 74.2 Å². The molecule has 0 aliphatic carbocycles. The van der Waals surface area contributed by atoms with Gasteiger partial charge in [-0.05, 0) is 22.0 Å². The number of aromatic nitrogens is 2. The van der Waals surface area contributed by atoms with E-state index < -0.39 is 0 Å². The summed E-state index contributed by atoms with van der Waals surface area (Å²) in [6.07, 6.45) is 0. The number of nitrogens with two attached hydrogens (primary N) is 1. The van der Waals surface area contributed by atoms with Gasteiger partial charge in [0.2, 0.25) is 11.7 Å². The van der Waals surface area contributed by atoms with Gasteiger partial charge in [0, 0.05) is 18.0 Å². The van der Waals surface area contributed by atoms with Gasteiger partial charge in [-0.1, -0.05) is 31.1 Å². The van der Waals surface area contributed by atoms with E-state index >= 15 is 0 Å². The number of hydrogen-bond acceptors (Lipinski definition) is 5. The zero-order chi connectivity index (χ0) is 13.8. The summed E-state index contributed by atoms with van der Waals surface area (Å²) >= 11 is 3.45. The Hall–Kier alpha value is -1.40. The summed E-state index contributed by atoms with van der Waals surface area (Å²) in [6, 6.07) is 5.75. The van der Waals surface area contributed by atoms with Crippen LogP contribution in [0.4, 0.5) is 0 Å². The van der Waals surface area contributed by atoms with Crippen LogP contribution in [-0.2, 0) is 13.2 Å². The second kappa shape index (κ2) is 6.16. The van der Waals surface area contributed by atoms with Gasteiger partial charge in [0.15, 0.2) is 6.61 Å². The molecule has 5 nitrogen and oxygen atoms in total. The third kappa shape index (κ3) is 3.33. The lowest BCUT2D eigenvalue weighted by atomic mass is 10.2. The zero-order valence-electron chi connectivity index (χ0n) is 10.9. The molecule has 0 aliphatic heterocycles. The van der Waals surface area contributed by atoms with Crippen molar-refractivity contribution in [3.63, 3.8) is 0 Å². The Bertz CT molecular complexity index is 555. The molecule has 0 bridgehead atoms. The minimum Gasteiger partial charge on any atom is -0.484 e. The van der Waals surface area contributed by atoms with Crippen LogP contribution in [0.2, 0.25) is 0 Å². The van der Waals surface area contributed by atoms with E-state index in [4.69, 9.17) is 15.0 Å². The first-order valence-electron chi connectivity index (χ1n) is 6.04. The molecule has 2 aromatic rings. The number of nitrogens with zero attached hydrogens (tertiary/aromatic N) is 2. The van der Waals surface area contributed by atoms with Crippen LogP contribution in [0.25, 0.3) is 0 Å². The lowest BCUT2D eigenvalue weighted by molar-refractivity contribution is 0.280. The van der Waals surface area contributed by atoms with Crippen molar-refractivity contribution in [1.29, 1.82) is 0 Å². The van der Waals surface area contributed by atoms with Crippen molar-refractivity contribution in [3.05, 3.63) is 40.0 Å². The molecule has 0 unspecified atom stereocenters. The van der Waals surface area contributed by atoms with Gasteiger partial charge in [-0.3, -0.25) is 0 Å². The fraction of sp³-hybridized carbons (Fsp3) is 0.385. The number of para-hydroxylation sites is 1. The van der Waals surface area contributed by atoms with E-state index in [1.54, 1.807) is 0 Å². The lowest BCUT2D eigenvalue weighted by Gasteiger charge is -2.10. The van der Waals surface area contributed by atoms with Crippen LogP contribution in [0.15, 0.2) is 27.2 Å². The average molecular weight is 326 g/mol. The van der Waals surface area contributed by atoms with Gasteiger partial charge in [-0.25, -0.2) is 0 Å². The molecule has 1 aromatic carbocycles. The fourth-order valence-electron chi connectivity index (χ4n) is 1.57. The molecule has 1 aromatic heterocycles. The Labute approximate surface area is 120 Å². The number of benzene rings is 1. The summed E-state index contributed by atoms with van der Waals surface area (Å²) in [5.41, 5.74) is 6.61. The van der Waals surface area contributed by atoms with Gasteiger partial charge < -0.3 is 15.0 Å². The average Bonchev–Trinajstić information content (AvgIpc) is 2.86. The van der Waals surface area contributed by atoms with E-state index in [0.29, 0.717) is 18.3 Å². The first-order valence-corrected chi connectivity index (χ1v) is 6.84. The van der Waals surface area contributed by atoms with Gasteiger partial charge in [0.1, 0.15) is 5.75 Å². The SMILES string of the molecule is CC(C)c1nc(COc2c(Br)cccc2CN)no1. The molecule has 1 heterocycles. The summed E-state index contributed by atoms with van der Waals surface area (Å²) in [5, 5.41) is 3.88. The van der Waals surface area contributed by atoms with Crippen molar-refractivity contribution in [2.24, 2.45) is 5.73 Å². The van der Waals surface area contributed by atoms with Gasteiger partial charge >= 0.3 is 0 Å². The van der Waals surface area contributed by atoms with Crippen LogP contribution < -0.4 is 10.5 Å². The molecule has 0 amide bonds. The van der Waals surface area contributed by atoms with Crippen LogP contribution >= 0.6 is 15.9 Å². The van der Waals surface area contributed by atoms with Crippen LogP contribution in [0, 0.1) is 0 Å². The number of rotatable bonds is 5. The quantitative estimate of drug-likeness (QED) is 0.914. The molecule has 102 valence electrons. The predicted molar refractivity (Wildman–Crippen MR) is 74.8 cm³/mol. The monoisotopic (exact) mass is 325 g/mol. The largest absolute Gasteiger partial charge is 0.484 e. The molecular formula is C13H16BrN3O2. The molecule has 0 saturated heterocycles. The summed E-state index contributed by atoms with van der Waals surface area (Å²) in [6.45, 7) is 4.67. The summed E-state index contributed by atoms with van der Waals surface area (Å²) in [7, 11) is 0. The second-order valence-electron chi connectivity index (χ2n) is 4.42. The number of halogens is 1. The lowest BCUT2D eigenvalue weighted by Crippen LogP contribution is -2.04. The maximum atomic E-state index is 5.73. The molecule has 0 spiro atoms. The molecule has 0 radical (unpaired) electrons. The fourth-order valence-corrected chi connectivity index (χ4v) is 2.09. The van der Waals surface area contributed by atoms with E-state index in [1.807, 2.05) is 32.0 Å². The molecule has 0 fully saturated rings. The molecule has 0 atom stereocenters. The highest BCUT2D eigenvalue weighted by atomic mass is 79.9. The normalized spacial score (nSPS) is 11.0. The van der Waals surface area contributed by atoms with Crippen molar-refractivity contribution in [1.82, 2.24) is 10.1 Å². The van der Waals surface area contributed by atoms with Crippen LogP contribution in [0.1, 0.15) is 37.0 Å². The van der Waals surface area contributed by atoms with Gasteiger partial charge in [0.05, 0.1) is 4.47 Å². The maximum Gasteiger partial charge on any atom is 0.229 e. The first-order chi connectivity index (χ1) is 9.11. The summed E-state index contributed by atoms with van der Waals surface area (Å²) in [4.78, 5) is 4.26. The van der Waals surface area contributed by atoms with Gasteiger partial charge in [-0.15, -0.1) is 0 Å². The van der Waals surface area contributed by atoms with E-state index in [0.717, 1.165) is 15.8 Å². The number of ether oxygens (including phenoxy) is 1. The first kappa shape index (κ1) is 14.0. The minimum atomic E-state index is 0.212.